The predicted molar refractivity (Wildman–Crippen MR) is 87.0 cm³/mol. The van der Waals surface area contributed by atoms with Gasteiger partial charge in [0, 0.05) is 32.6 Å². The minimum Gasteiger partial charge on any atom is -0.340 e. The highest BCUT2D eigenvalue weighted by Crippen LogP contribution is 2.21. The highest BCUT2D eigenvalue weighted by Gasteiger charge is 2.28. The van der Waals surface area contributed by atoms with Crippen molar-refractivity contribution in [1.82, 2.24) is 9.21 Å². The van der Waals surface area contributed by atoms with Crippen molar-refractivity contribution in [3.05, 3.63) is 35.6 Å². The summed E-state index contributed by atoms with van der Waals surface area (Å²) < 4.78 is 38.0. The lowest BCUT2D eigenvalue weighted by molar-refractivity contribution is -0.132. The van der Waals surface area contributed by atoms with Gasteiger partial charge >= 0.3 is 0 Å². The van der Waals surface area contributed by atoms with Gasteiger partial charge in [0.1, 0.15) is 5.82 Å². The monoisotopic (exact) mass is 342 g/mol. The molecule has 1 aliphatic heterocycles. The molecule has 0 bridgehead atoms. The van der Waals surface area contributed by atoms with Crippen molar-refractivity contribution < 1.29 is 17.6 Å². The van der Waals surface area contributed by atoms with Crippen LogP contribution in [0.5, 0.6) is 0 Å². The Morgan fingerprint density at radius 2 is 1.74 bits per heavy atom. The van der Waals surface area contributed by atoms with Gasteiger partial charge < -0.3 is 4.90 Å². The number of sulfonamides is 1. The molecule has 23 heavy (non-hydrogen) atoms. The third-order valence-electron chi connectivity index (χ3n) is 4.27. The molecule has 1 saturated heterocycles. The second kappa shape index (κ2) is 7.40. The largest absolute Gasteiger partial charge is 0.340 e. The first kappa shape index (κ1) is 17.9. The van der Waals surface area contributed by atoms with Crippen molar-refractivity contribution in [3.8, 4) is 0 Å². The average Bonchev–Trinajstić information content (AvgIpc) is 2.55. The first-order valence-corrected chi connectivity index (χ1v) is 9.45. The van der Waals surface area contributed by atoms with E-state index in [4.69, 9.17) is 0 Å². The van der Waals surface area contributed by atoms with Crippen molar-refractivity contribution in [3.63, 3.8) is 0 Å². The molecule has 0 spiro atoms. The maximum absolute atomic E-state index is 12.9. The Balaban J connectivity index is 1.89. The van der Waals surface area contributed by atoms with Crippen molar-refractivity contribution in [2.24, 2.45) is 0 Å². The topological polar surface area (TPSA) is 57.7 Å². The van der Waals surface area contributed by atoms with Gasteiger partial charge in [0.05, 0.1) is 5.75 Å². The van der Waals surface area contributed by atoms with Crippen LogP contribution in [0.3, 0.4) is 0 Å². The second-order valence-electron chi connectivity index (χ2n) is 5.84. The fourth-order valence-electron chi connectivity index (χ4n) is 2.70. The third kappa shape index (κ3) is 4.51. The molecule has 1 amide bonds. The molecule has 0 aliphatic carbocycles. The number of hydrogen-bond donors (Lipinski definition) is 0. The summed E-state index contributed by atoms with van der Waals surface area (Å²) in [5.74, 6) is -0.195. The smallest absolute Gasteiger partial charge is 0.223 e. The molecular formula is C16H23FN2O3S. The van der Waals surface area contributed by atoms with E-state index in [1.54, 1.807) is 24.0 Å². The van der Waals surface area contributed by atoms with Crippen molar-refractivity contribution in [2.45, 2.75) is 26.2 Å². The standard InChI is InChI=1S/C16H23FN2O3S/c1-3-23(21,22)19-10-8-18(9-11-19)16(20)12-13(2)14-4-6-15(17)7-5-14/h4-7,13H,3,8-12H2,1-2H3. The molecule has 0 radical (unpaired) electrons. The zero-order valence-electron chi connectivity index (χ0n) is 13.5. The minimum atomic E-state index is -3.18. The average molecular weight is 342 g/mol. The fourth-order valence-corrected chi connectivity index (χ4v) is 3.78. The Morgan fingerprint density at radius 3 is 2.26 bits per heavy atom. The molecule has 7 heteroatoms. The molecule has 1 atom stereocenters. The molecule has 128 valence electrons. The summed E-state index contributed by atoms with van der Waals surface area (Å²) in [6, 6.07) is 6.17. The zero-order chi connectivity index (χ0) is 17.0. The minimum absolute atomic E-state index is 0.000467. The first-order chi connectivity index (χ1) is 10.8. The Labute approximate surface area is 137 Å². The van der Waals surface area contributed by atoms with Crippen molar-refractivity contribution in [1.29, 1.82) is 0 Å². The van der Waals surface area contributed by atoms with Gasteiger partial charge in [-0.1, -0.05) is 19.1 Å². The number of carbonyl (C=O) groups excluding carboxylic acids is 1. The van der Waals surface area contributed by atoms with E-state index < -0.39 is 10.0 Å². The van der Waals surface area contributed by atoms with Crippen molar-refractivity contribution in [2.75, 3.05) is 31.9 Å². The van der Waals surface area contributed by atoms with Gasteiger partial charge in [-0.05, 0) is 30.5 Å². The lowest BCUT2D eigenvalue weighted by atomic mass is 9.97. The highest BCUT2D eigenvalue weighted by molar-refractivity contribution is 7.89. The highest BCUT2D eigenvalue weighted by atomic mass is 32.2. The van der Waals surface area contributed by atoms with Crippen LogP contribution < -0.4 is 0 Å². The van der Waals surface area contributed by atoms with Crippen LogP contribution in [0.2, 0.25) is 0 Å². The van der Waals surface area contributed by atoms with Crippen LogP contribution >= 0.6 is 0 Å². The fraction of sp³-hybridized carbons (Fsp3) is 0.562. The Morgan fingerprint density at radius 1 is 1.17 bits per heavy atom. The molecule has 5 nitrogen and oxygen atoms in total. The molecule has 1 fully saturated rings. The van der Waals surface area contributed by atoms with Crippen LogP contribution in [0, 0.1) is 5.82 Å². The van der Waals surface area contributed by atoms with E-state index in [-0.39, 0.29) is 23.4 Å². The molecule has 1 heterocycles. The maximum atomic E-state index is 12.9. The first-order valence-electron chi connectivity index (χ1n) is 7.84. The van der Waals surface area contributed by atoms with Gasteiger partial charge in [-0.2, -0.15) is 4.31 Å². The summed E-state index contributed by atoms with van der Waals surface area (Å²) in [6.07, 6.45) is 0.339. The van der Waals surface area contributed by atoms with Crippen molar-refractivity contribution >= 4 is 15.9 Å². The summed E-state index contributed by atoms with van der Waals surface area (Å²) in [6.45, 7) is 5.11. The van der Waals surface area contributed by atoms with Crippen LogP contribution in [-0.2, 0) is 14.8 Å². The number of amides is 1. The number of halogens is 1. The van der Waals surface area contributed by atoms with Gasteiger partial charge in [-0.15, -0.1) is 0 Å². The zero-order valence-corrected chi connectivity index (χ0v) is 14.4. The van der Waals surface area contributed by atoms with E-state index in [0.717, 1.165) is 5.56 Å². The Bertz CT molecular complexity index is 638. The molecule has 1 aliphatic rings. The Kier molecular flexibility index (Phi) is 5.75. The SMILES string of the molecule is CCS(=O)(=O)N1CCN(C(=O)CC(C)c2ccc(F)cc2)CC1. The van der Waals surface area contributed by atoms with Gasteiger partial charge in [0.15, 0.2) is 0 Å². The second-order valence-corrected chi connectivity index (χ2v) is 8.09. The molecule has 1 aromatic rings. The molecule has 0 saturated carbocycles. The van der Waals surface area contributed by atoms with Gasteiger partial charge in [-0.3, -0.25) is 4.79 Å². The van der Waals surface area contributed by atoms with Crippen LogP contribution in [0.15, 0.2) is 24.3 Å². The molecule has 0 aromatic heterocycles. The molecule has 2 rings (SSSR count). The summed E-state index contributed by atoms with van der Waals surface area (Å²) in [7, 11) is -3.18. The lowest BCUT2D eigenvalue weighted by Gasteiger charge is -2.34. The number of piperazine rings is 1. The maximum Gasteiger partial charge on any atom is 0.223 e. The van der Waals surface area contributed by atoms with E-state index in [2.05, 4.69) is 0 Å². The summed E-state index contributed by atoms with van der Waals surface area (Å²) >= 11 is 0. The number of nitrogens with zero attached hydrogens (tertiary/aromatic N) is 2. The van der Waals surface area contributed by atoms with Gasteiger partial charge in [0.25, 0.3) is 0 Å². The van der Waals surface area contributed by atoms with Crippen LogP contribution in [0.1, 0.15) is 31.7 Å². The normalized spacial score (nSPS) is 18.0. The molecule has 0 N–H and O–H groups in total. The Hall–Kier alpha value is -1.47. The number of carbonyl (C=O) groups is 1. The van der Waals surface area contributed by atoms with E-state index in [1.807, 2.05) is 6.92 Å². The van der Waals surface area contributed by atoms with Gasteiger partial charge in [-0.25, -0.2) is 12.8 Å². The lowest BCUT2D eigenvalue weighted by Crippen LogP contribution is -2.51. The van der Waals surface area contributed by atoms with Crippen LogP contribution in [-0.4, -0.2) is 55.5 Å². The molecular weight excluding hydrogens is 319 g/mol. The van der Waals surface area contributed by atoms with E-state index in [0.29, 0.717) is 32.6 Å². The molecule has 1 aromatic carbocycles. The summed E-state index contributed by atoms with van der Waals surface area (Å²) in [4.78, 5) is 14.1. The number of rotatable bonds is 5. The van der Waals surface area contributed by atoms with Crippen LogP contribution in [0.4, 0.5) is 4.39 Å². The third-order valence-corrected chi connectivity index (χ3v) is 6.15. The summed E-state index contributed by atoms with van der Waals surface area (Å²) in [5.41, 5.74) is 0.923. The predicted octanol–water partition coefficient (Wildman–Crippen LogP) is 1.81. The van der Waals surface area contributed by atoms with E-state index in [9.17, 15) is 17.6 Å². The summed E-state index contributed by atoms with van der Waals surface area (Å²) in [5, 5.41) is 0. The van der Waals surface area contributed by atoms with Gasteiger partial charge in [0.2, 0.25) is 15.9 Å². The van der Waals surface area contributed by atoms with Crippen LogP contribution in [0.25, 0.3) is 0 Å². The number of benzene rings is 1. The number of hydrogen-bond acceptors (Lipinski definition) is 3. The quantitative estimate of drug-likeness (QED) is 0.820. The van der Waals surface area contributed by atoms with E-state index >= 15 is 0 Å². The molecule has 1 unspecified atom stereocenters. The van der Waals surface area contributed by atoms with E-state index in [1.165, 1.54) is 16.4 Å².